The van der Waals surface area contributed by atoms with E-state index in [0.717, 1.165) is 11.1 Å². The number of hydrogen-bond acceptors (Lipinski definition) is 3. The second kappa shape index (κ2) is 8.76. The fourth-order valence-electron chi connectivity index (χ4n) is 1.75. The minimum Gasteiger partial charge on any atom is -0.460 e. The van der Waals surface area contributed by atoms with E-state index in [0.29, 0.717) is 5.02 Å². The molecule has 0 heterocycles. The summed E-state index contributed by atoms with van der Waals surface area (Å²) in [6, 6.07) is 16.4. The Balaban J connectivity index is 1.71. The van der Waals surface area contributed by atoms with Crippen LogP contribution in [0.3, 0.4) is 0 Å². The molecule has 0 aliphatic carbocycles. The van der Waals surface area contributed by atoms with E-state index in [1.54, 1.807) is 30.3 Å². The van der Waals surface area contributed by atoms with Crippen LogP contribution in [0.5, 0.6) is 0 Å². The number of nitrogens with one attached hydrogen (secondary N) is 1. The summed E-state index contributed by atoms with van der Waals surface area (Å²) in [5, 5.41) is 3.11. The Morgan fingerprint density at radius 1 is 1.04 bits per heavy atom. The molecule has 0 aromatic heterocycles. The minimum absolute atomic E-state index is 0.170. The second-order valence-electron chi connectivity index (χ2n) is 4.75. The summed E-state index contributed by atoms with van der Waals surface area (Å²) < 4.78 is 5.06. The number of carbonyl (C=O) groups excluding carboxylic acids is 2. The zero-order valence-electron chi connectivity index (χ0n) is 12.4. The van der Waals surface area contributed by atoms with Gasteiger partial charge in [-0.2, -0.15) is 0 Å². The number of esters is 1. The molecule has 118 valence electrons. The van der Waals surface area contributed by atoms with Gasteiger partial charge < -0.3 is 10.1 Å². The van der Waals surface area contributed by atoms with Crippen molar-refractivity contribution in [2.24, 2.45) is 0 Å². The highest BCUT2D eigenvalue weighted by Gasteiger charge is 2.04. The lowest BCUT2D eigenvalue weighted by atomic mass is 10.2. The molecule has 0 bridgehead atoms. The predicted molar refractivity (Wildman–Crippen MR) is 89.7 cm³/mol. The number of halogens is 1. The standard InChI is InChI=1S/C18H16ClNO3/c19-16-9-6-14(7-10-16)8-11-17(21)20-12-18(22)23-13-15-4-2-1-3-5-15/h1-11H,12-13H2,(H,20,21)/b11-8+. The van der Waals surface area contributed by atoms with E-state index in [9.17, 15) is 9.59 Å². The predicted octanol–water partition coefficient (Wildman–Crippen LogP) is 3.21. The molecule has 5 heteroatoms. The highest BCUT2D eigenvalue weighted by Crippen LogP contribution is 2.10. The molecule has 0 aliphatic rings. The molecule has 2 aromatic rings. The first kappa shape index (κ1) is 16.8. The average molecular weight is 330 g/mol. The Morgan fingerprint density at radius 2 is 1.74 bits per heavy atom. The van der Waals surface area contributed by atoms with Crippen LogP contribution in [0.1, 0.15) is 11.1 Å². The van der Waals surface area contributed by atoms with Crippen molar-refractivity contribution in [1.82, 2.24) is 5.32 Å². The van der Waals surface area contributed by atoms with Crippen molar-refractivity contribution in [3.63, 3.8) is 0 Å². The van der Waals surface area contributed by atoms with Gasteiger partial charge in [0.05, 0.1) is 0 Å². The highest BCUT2D eigenvalue weighted by atomic mass is 35.5. The highest BCUT2D eigenvalue weighted by molar-refractivity contribution is 6.30. The summed E-state index contributed by atoms with van der Waals surface area (Å²) in [5.74, 6) is -0.848. The zero-order valence-corrected chi connectivity index (χ0v) is 13.1. The Labute approximate surface area is 139 Å². The van der Waals surface area contributed by atoms with E-state index in [1.807, 2.05) is 30.3 Å². The van der Waals surface area contributed by atoms with Crippen molar-refractivity contribution >= 4 is 29.6 Å². The normalized spacial score (nSPS) is 10.5. The molecule has 2 rings (SSSR count). The van der Waals surface area contributed by atoms with Crippen molar-refractivity contribution in [2.45, 2.75) is 6.61 Å². The van der Waals surface area contributed by atoms with Gasteiger partial charge in [-0.25, -0.2) is 0 Å². The van der Waals surface area contributed by atoms with Gasteiger partial charge in [-0.3, -0.25) is 9.59 Å². The van der Waals surface area contributed by atoms with Gasteiger partial charge in [-0.1, -0.05) is 54.1 Å². The van der Waals surface area contributed by atoms with Gasteiger partial charge in [-0.15, -0.1) is 0 Å². The van der Waals surface area contributed by atoms with Crippen LogP contribution in [-0.2, 0) is 20.9 Å². The van der Waals surface area contributed by atoms with Gasteiger partial charge in [0, 0.05) is 11.1 Å². The molecule has 1 N–H and O–H groups in total. The third kappa shape index (κ3) is 6.36. The summed E-state index contributed by atoms with van der Waals surface area (Å²) in [4.78, 5) is 23.2. The van der Waals surface area contributed by atoms with E-state index >= 15 is 0 Å². The van der Waals surface area contributed by atoms with Gasteiger partial charge >= 0.3 is 5.97 Å². The van der Waals surface area contributed by atoms with E-state index in [1.165, 1.54) is 6.08 Å². The summed E-state index contributed by atoms with van der Waals surface area (Å²) in [6.07, 6.45) is 2.99. The van der Waals surface area contributed by atoms with Crippen LogP contribution < -0.4 is 5.32 Å². The van der Waals surface area contributed by atoms with Gasteiger partial charge in [-0.05, 0) is 29.3 Å². The number of carbonyl (C=O) groups is 2. The lowest BCUT2D eigenvalue weighted by Gasteiger charge is -2.05. The quantitative estimate of drug-likeness (QED) is 0.654. The van der Waals surface area contributed by atoms with E-state index in [4.69, 9.17) is 16.3 Å². The molecule has 0 fully saturated rings. The van der Waals surface area contributed by atoms with Gasteiger partial charge in [0.2, 0.25) is 5.91 Å². The summed E-state index contributed by atoms with van der Waals surface area (Å²) in [6.45, 7) is 0.0206. The SMILES string of the molecule is O=C(/C=C/c1ccc(Cl)cc1)NCC(=O)OCc1ccccc1. The monoisotopic (exact) mass is 329 g/mol. The number of ether oxygens (including phenoxy) is 1. The lowest BCUT2D eigenvalue weighted by Crippen LogP contribution is -2.29. The molecular weight excluding hydrogens is 314 g/mol. The van der Waals surface area contributed by atoms with Crippen molar-refractivity contribution in [1.29, 1.82) is 0 Å². The van der Waals surface area contributed by atoms with E-state index < -0.39 is 5.97 Å². The molecule has 4 nitrogen and oxygen atoms in total. The molecule has 0 aliphatic heterocycles. The molecule has 0 saturated heterocycles. The molecule has 23 heavy (non-hydrogen) atoms. The molecule has 0 spiro atoms. The molecule has 1 amide bonds. The first-order valence-electron chi connectivity index (χ1n) is 7.04. The van der Waals surface area contributed by atoms with E-state index in [-0.39, 0.29) is 19.1 Å². The Kier molecular flexibility index (Phi) is 6.39. The number of amides is 1. The fraction of sp³-hybridized carbons (Fsp3) is 0.111. The van der Waals surface area contributed by atoms with Gasteiger partial charge in [0.15, 0.2) is 0 Å². The van der Waals surface area contributed by atoms with Crippen LogP contribution in [0, 0.1) is 0 Å². The topological polar surface area (TPSA) is 55.4 Å². The Morgan fingerprint density at radius 3 is 2.43 bits per heavy atom. The number of rotatable bonds is 6. The van der Waals surface area contributed by atoms with Crippen molar-refractivity contribution in [3.05, 3.63) is 76.8 Å². The summed E-state index contributed by atoms with van der Waals surface area (Å²) in [5.41, 5.74) is 1.74. The van der Waals surface area contributed by atoms with Crippen LogP contribution in [0.25, 0.3) is 6.08 Å². The van der Waals surface area contributed by atoms with Crippen LogP contribution in [-0.4, -0.2) is 18.4 Å². The largest absolute Gasteiger partial charge is 0.460 e. The second-order valence-corrected chi connectivity index (χ2v) is 5.19. The maximum atomic E-state index is 11.6. The van der Waals surface area contributed by atoms with Crippen LogP contribution in [0.2, 0.25) is 5.02 Å². The third-order valence-electron chi connectivity index (χ3n) is 2.95. The first-order chi connectivity index (χ1) is 11.1. The molecule has 0 saturated carbocycles. The number of hydrogen-bond donors (Lipinski definition) is 1. The summed E-state index contributed by atoms with van der Waals surface area (Å²) >= 11 is 5.78. The maximum Gasteiger partial charge on any atom is 0.325 e. The Hall–Kier alpha value is -2.59. The fourth-order valence-corrected chi connectivity index (χ4v) is 1.88. The van der Waals surface area contributed by atoms with Crippen LogP contribution >= 0.6 is 11.6 Å². The molecule has 2 aromatic carbocycles. The van der Waals surface area contributed by atoms with Crippen LogP contribution in [0.15, 0.2) is 60.7 Å². The van der Waals surface area contributed by atoms with Crippen LogP contribution in [0.4, 0.5) is 0 Å². The molecule has 0 atom stereocenters. The van der Waals surface area contributed by atoms with Crippen molar-refractivity contribution < 1.29 is 14.3 Å². The minimum atomic E-state index is -0.484. The third-order valence-corrected chi connectivity index (χ3v) is 3.20. The smallest absolute Gasteiger partial charge is 0.325 e. The van der Waals surface area contributed by atoms with Crippen molar-refractivity contribution in [3.8, 4) is 0 Å². The number of benzene rings is 2. The van der Waals surface area contributed by atoms with Gasteiger partial charge in [0.1, 0.15) is 13.2 Å². The van der Waals surface area contributed by atoms with Crippen molar-refractivity contribution in [2.75, 3.05) is 6.54 Å². The maximum absolute atomic E-state index is 11.6. The summed E-state index contributed by atoms with van der Waals surface area (Å²) in [7, 11) is 0. The Bertz CT molecular complexity index is 681. The molecular formula is C18H16ClNO3. The first-order valence-corrected chi connectivity index (χ1v) is 7.42. The molecule has 0 unspecified atom stereocenters. The van der Waals surface area contributed by atoms with E-state index in [2.05, 4.69) is 5.32 Å². The average Bonchev–Trinajstić information content (AvgIpc) is 2.58. The lowest BCUT2D eigenvalue weighted by molar-refractivity contribution is -0.144. The zero-order chi connectivity index (χ0) is 16.5. The molecule has 0 radical (unpaired) electrons. The van der Waals surface area contributed by atoms with Gasteiger partial charge in [0.25, 0.3) is 0 Å².